The van der Waals surface area contributed by atoms with Gasteiger partial charge in [-0.05, 0) is 38.7 Å². The number of hydrogen-bond acceptors (Lipinski definition) is 6. The van der Waals surface area contributed by atoms with Gasteiger partial charge in [0.25, 0.3) is 5.89 Å². The van der Waals surface area contributed by atoms with Crippen molar-refractivity contribution in [3.63, 3.8) is 0 Å². The molecule has 2 aromatic heterocycles. The molecule has 2 aromatic rings. The largest absolute Gasteiger partial charge is 0.390 e. The van der Waals surface area contributed by atoms with Gasteiger partial charge in [0.05, 0.1) is 10.6 Å². The Morgan fingerprint density at radius 2 is 2.16 bits per heavy atom. The second-order valence-electron chi connectivity index (χ2n) is 5.23. The van der Waals surface area contributed by atoms with Crippen LogP contribution in [0.25, 0.3) is 11.5 Å². The lowest BCUT2D eigenvalue weighted by Gasteiger charge is -2.17. The molecule has 0 unspecified atom stereocenters. The maximum Gasteiger partial charge on any atom is 0.261 e. The summed E-state index contributed by atoms with van der Waals surface area (Å²) in [6.07, 6.45) is 3.33. The van der Waals surface area contributed by atoms with Gasteiger partial charge in [0.2, 0.25) is 5.82 Å². The van der Waals surface area contributed by atoms with Crippen molar-refractivity contribution in [1.82, 2.24) is 10.1 Å². The molecular weight excluding hydrogens is 262 g/mol. The molecule has 0 aliphatic heterocycles. The summed E-state index contributed by atoms with van der Waals surface area (Å²) in [6, 6.07) is 0. The molecule has 0 aromatic carbocycles. The van der Waals surface area contributed by atoms with Gasteiger partial charge in [-0.1, -0.05) is 5.16 Å². The van der Waals surface area contributed by atoms with Crippen LogP contribution in [0, 0.1) is 0 Å². The van der Waals surface area contributed by atoms with Crippen LogP contribution in [-0.4, -0.2) is 17.3 Å². The zero-order valence-corrected chi connectivity index (χ0v) is 12.1. The molecule has 2 N–H and O–H groups in total. The number of nitrogens with zero attached hydrogens (tertiary/aromatic N) is 2. The van der Waals surface area contributed by atoms with Gasteiger partial charge in [0, 0.05) is 12.0 Å². The highest BCUT2D eigenvalue weighted by Gasteiger charge is 2.30. The first-order valence-electron chi connectivity index (χ1n) is 6.32. The Hall–Kier alpha value is -1.40. The third kappa shape index (κ3) is 1.95. The molecule has 1 aliphatic carbocycles. The smallest absolute Gasteiger partial charge is 0.261 e. The summed E-state index contributed by atoms with van der Waals surface area (Å²) in [6.45, 7) is 3.81. The molecule has 0 saturated carbocycles. The second-order valence-corrected chi connectivity index (χ2v) is 6.37. The van der Waals surface area contributed by atoms with Gasteiger partial charge in [-0.2, -0.15) is 4.98 Å². The average molecular weight is 279 g/mol. The number of aryl methyl sites for hydroxylation is 1. The number of nitrogens with two attached hydrogens (primary N) is 1. The Balaban J connectivity index is 2.04. The van der Waals surface area contributed by atoms with Crippen LogP contribution in [0.15, 0.2) is 4.52 Å². The fourth-order valence-electron chi connectivity index (χ4n) is 2.32. The molecule has 3 rings (SSSR count). The zero-order chi connectivity index (χ0) is 13.6. The summed E-state index contributed by atoms with van der Waals surface area (Å²) in [5.41, 5.74) is 7.75. The molecule has 19 heavy (non-hydrogen) atoms. The summed E-state index contributed by atoms with van der Waals surface area (Å²) < 4.78 is 10.8. The van der Waals surface area contributed by atoms with E-state index in [4.69, 9.17) is 15.0 Å². The number of thiophene rings is 1. The van der Waals surface area contributed by atoms with Gasteiger partial charge in [0.15, 0.2) is 0 Å². The fraction of sp³-hybridized carbons (Fsp3) is 0.538. The topological polar surface area (TPSA) is 74.2 Å². The second kappa shape index (κ2) is 4.31. The van der Waals surface area contributed by atoms with Crippen molar-refractivity contribution < 1.29 is 9.26 Å². The lowest BCUT2D eigenvalue weighted by Crippen LogP contribution is -2.21. The van der Waals surface area contributed by atoms with Crippen LogP contribution >= 0.6 is 11.3 Å². The number of anilines is 1. The van der Waals surface area contributed by atoms with E-state index < -0.39 is 5.60 Å². The molecule has 0 amide bonds. The van der Waals surface area contributed by atoms with Crippen molar-refractivity contribution in [2.45, 2.75) is 38.7 Å². The van der Waals surface area contributed by atoms with E-state index in [2.05, 4.69) is 10.1 Å². The molecule has 1 aliphatic rings. The van der Waals surface area contributed by atoms with Crippen LogP contribution in [-0.2, 0) is 23.2 Å². The van der Waals surface area contributed by atoms with E-state index in [0.717, 1.165) is 23.4 Å². The van der Waals surface area contributed by atoms with Gasteiger partial charge in [0.1, 0.15) is 5.60 Å². The van der Waals surface area contributed by atoms with Gasteiger partial charge < -0.3 is 15.0 Å². The Morgan fingerprint density at radius 1 is 1.37 bits per heavy atom. The van der Waals surface area contributed by atoms with E-state index in [9.17, 15) is 0 Å². The molecule has 0 fully saturated rings. The average Bonchev–Trinajstić information content (AvgIpc) is 3.03. The molecule has 5 nitrogen and oxygen atoms in total. The monoisotopic (exact) mass is 279 g/mol. The molecule has 6 heteroatoms. The van der Waals surface area contributed by atoms with Crippen LogP contribution < -0.4 is 5.73 Å². The van der Waals surface area contributed by atoms with Crippen LogP contribution in [0.3, 0.4) is 0 Å². The quantitative estimate of drug-likeness (QED) is 0.935. The molecule has 0 spiro atoms. The zero-order valence-electron chi connectivity index (χ0n) is 11.3. The van der Waals surface area contributed by atoms with E-state index in [0.29, 0.717) is 11.7 Å². The number of ether oxygens (including phenoxy) is 1. The van der Waals surface area contributed by atoms with Crippen molar-refractivity contribution in [3.8, 4) is 11.5 Å². The molecule has 2 heterocycles. The van der Waals surface area contributed by atoms with Gasteiger partial charge in [-0.25, -0.2) is 0 Å². The molecule has 0 radical (unpaired) electrons. The number of aromatic nitrogens is 2. The van der Waals surface area contributed by atoms with E-state index in [1.165, 1.54) is 16.9 Å². The van der Waals surface area contributed by atoms with Crippen molar-refractivity contribution in [1.29, 1.82) is 0 Å². The van der Waals surface area contributed by atoms with Gasteiger partial charge in [-0.15, -0.1) is 11.3 Å². The van der Waals surface area contributed by atoms with Crippen molar-refractivity contribution in [2.75, 3.05) is 12.8 Å². The standard InChI is InChI=1S/C13H17N3O2S/c1-13(2,17-3)12-15-11(18-16-12)9-7-5-4-6-8(7)19-10(9)14/h4-6,14H2,1-3H3. The third-order valence-corrected chi connectivity index (χ3v) is 4.76. The van der Waals surface area contributed by atoms with Gasteiger partial charge in [-0.3, -0.25) is 0 Å². The number of nitrogen functional groups attached to an aromatic ring is 1. The summed E-state index contributed by atoms with van der Waals surface area (Å²) in [4.78, 5) is 5.82. The summed E-state index contributed by atoms with van der Waals surface area (Å²) in [5.74, 6) is 1.05. The maximum absolute atomic E-state index is 6.09. The summed E-state index contributed by atoms with van der Waals surface area (Å²) in [7, 11) is 1.63. The predicted octanol–water partition coefficient (Wildman–Crippen LogP) is 2.75. The van der Waals surface area contributed by atoms with Crippen molar-refractivity contribution in [3.05, 3.63) is 16.3 Å². The minimum Gasteiger partial charge on any atom is -0.390 e. The van der Waals surface area contributed by atoms with Crippen molar-refractivity contribution in [2.24, 2.45) is 0 Å². The first-order chi connectivity index (χ1) is 9.03. The van der Waals surface area contributed by atoms with Crippen LogP contribution in [0.4, 0.5) is 5.00 Å². The van der Waals surface area contributed by atoms with Crippen molar-refractivity contribution >= 4 is 16.3 Å². The molecule has 0 bridgehead atoms. The number of rotatable bonds is 3. The molecular formula is C13H17N3O2S. The van der Waals surface area contributed by atoms with Gasteiger partial charge >= 0.3 is 0 Å². The first-order valence-corrected chi connectivity index (χ1v) is 7.14. The minimum atomic E-state index is -0.560. The predicted molar refractivity (Wildman–Crippen MR) is 74.1 cm³/mol. The highest BCUT2D eigenvalue weighted by molar-refractivity contribution is 7.16. The van der Waals surface area contributed by atoms with E-state index in [1.54, 1.807) is 18.4 Å². The Bertz CT molecular complexity index is 615. The molecule has 0 saturated heterocycles. The lowest BCUT2D eigenvalue weighted by molar-refractivity contribution is 0.00973. The van der Waals surface area contributed by atoms with Crippen LogP contribution in [0.1, 0.15) is 36.5 Å². The Kier molecular flexibility index (Phi) is 2.87. The minimum absolute atomic E-state index is 0.511. The normalized spacial score (nSPS) is 14.9. The molecule has 102 valence electrons. The maximum atomic E-state index is 6.09. The van der Waals surface area contributed by atoms with E-state index in [-0.39, 0.29) is 0 Å². The SMILES string of the molecule is COC(C)(C)c1noc(-c2c(N)sc3c2CCC3)n1. The fourth-order valence-corrected chi connectivity index (χ4v) is 3.47. The molecule has 0 atom stereocenters. The lowest BCUT2D eigenvalue weighted by atomic mass is 10.1. The highest BCUT2D eigenvalue weighted by Crippen LogP contribution is 2.43. The van der Waals surface area contributed by atoms with Crippen LogP contribution in [0.5, 0.6) is 0 Å². The number of hydrogen-bond donors (Lipinski definition) is 1. The van der Waals surface area contributed by atoms with E-state index >= 15 is 0 Å². The highest BCUT2D eigenvalue weighted by atomic mass is 32.1. The summed E-state index contributed by atoms with van der Waals surface area (Å²) >= 11 is 1.64. The van der Waals surface area contributed by atoms with Crippen LogP contribution in [0.2, 0.25) is 0 Å². The number of fused-ring (bicyclic) bond motifs is 1. The summed E-state index contributed by atoms with van der Waals surface area (Å²) in [5, 5.41) is 4.79. The van der Waals surface area contributed by atoms with E-state index in [1.807, 2.05) is 13.8 Å². The number of methoxy groups -OCH3 is 1. The Labute approximate surface area is 115 Å². The third-order valence-electron chi connectivity index (χ3n) is 3.64. The first kappa shape index (κ1) is 12.6. The Morgan fingerprint density at radius 3 is 2.89 bits per heavy atom.